The van der Waals surface area contributed by atoms with E-state index in [4.69, 9.17) is 21.3 Å². The number of nitrogens with zero attached hydrogens (tertiary/aromatic N) is 5. The Balaban J connectivity index is 1.34. The van der Waals surface area contributed by atoms with Crippen LogP contribution in [0.2, 0.25) is 5.02 Å². The molecule has 0 bridgehead atoms. The molecule has 8 heteroatoms. The van der Waals surface area contributed by atoms with Crippen molar-refractivity contribution in [2.24, 2.45) is 0 Å². The number of nitriles is 1. The first-order chi connectivity index (χ1) is 18.6. The van der Waals surface area contributed by atoms with Gasteiger partial charge < -0.3 is 24.8 Å². The maximum atomic E-state index is 9.28. The Labute approximate surface area is 229 Å². The Morgan fingerprint density at radius 3 is 2.82 bits per heavy atom. The van der Waals surface area contributed by atoms with E-state index in [2.05, 4.69) is 63.5 Å². The van der Waals surface area contributed by atoms with E-state index in [0.29, 0.717) is 31.5 Å². The normalized spacial score (nSPS) is 21.9. The number of likely N-dealkylation sites (N-methyl/N-ethyl adjacent to an activating group) is 1. The molecule has 6 rings (SSSR count). The van der Waals surface area contributed by atoms with Crippen molar-refractivity contribution in [3.8, 4) is 11.9 Å². The second-order valence-corrected chi connectivity index (χ2v) is 11.1. The maximum absolute atomic E-state index is 9.28. The molecule has 0 spiro atoms. The highest BCUT2D eigenvalue weighted by Gasteiger charge is 2.29. The van der Waals surface area contributed by atoms with Gasteiger partial charge in [-0.1, -0.05) is 35.9 Å². The van der Waals surface area contributed by atoms with Gasteiger partial charge in [-0.15, -0.1) is 0 Å². The first kappa shape index (κ1) is 25.2. The largest absolute Gasteiger partial charge is 0.476 e. The summed E-state index contributed by atoms with van der Waals surface area (Å²) in [7, 11) is 2.18. The molecular weight excluding hydrogens is 496 g/mol. The molecule has 0 amide bonds. The van der Waals surface area contributed by atoms with Gasteiger partial charge in [0.25, 0.3) is 0 Å². The maximum Gasteiger partial charge on any atom is 0.215 e. The van der Waals surface area contributed by atoms with Crippen LogP contribution in [0.3, 0.4) is 0 Å². The second kappa shape index (κ2) is 11.0. The molecule has 2 fully saturated rings. The van der Waals surface area contributed by atoms with Crippen LogP contribution in [0, 0.1) is 11.3 Å². The summed E-state index contributed by atoms with van der Waals surface area (Å²) in [5.74, 6) is 0.701. The quantitative estimate of drug-likeness (QED) is 0.499. The standard InChI is InChI=1S/C30H35ClN6O/c1-35-14-4-7-23(35)20-38-29-17-28(37-16-13-33-22(18-37)10-12-32)24-11-15-36(19-26(24)34-29)27-9-3-6-21-5-2-8-25(31)30(21)27/h2-3,5-6,8-9,17,22-23,33H,4,7,10-11,13-16,18-20H2,1H3/t22-,23-/m0/s1. The molecule has 0 aliphatic carbocycles. The lowest BCUT2D eigenvalue weighted by molar-refractivity contribution is 0.193. The molecule has 38 heavy (non-hydrogen) atoms. The van der Waals surface area contributed by atoms with Crippen LogP contribution in [0.25, 0.3) is 10.8 Å². The third-order valence-corrected chi connectivity index (χ3v) is 8.65. The molecule has 2 aromatic carbocycles. The van der Waals surface area contributed by atoms with E-state index < -0.39 is 0 Å². The number of ether oxygens (including phenoxy) is 1. The first-order valence-corrected chi connectivity index (χ1v) is 14.1. The third-order valence-electron chi connectivity index (χ3n) is 8.34. The molecule has 3 aliphatic rings. The predicted octanol–water partition coefficient (Wildman–Crippen LogP) is 4.62. The Morgan fingerprint density at radius 2 is 2.00 bits per heavy atom. The fourth-order valence-electron chi connectivity index (χ4n) is 6.26. The lowest BCUT2D eigenvalue weighted by Gasteiger charge is -2.38. The molecule has 2 saturated heterocycles. The van der Waals surface area contributed by atoms with Crippen molar-refractivity contribution in [2.45, 2.75) is 44.3 Å². The van der Waals surface area contributed by atoms with Gasteiger partial charge in [0.05, 0.1) is 29.8 Å². The first-order valence-electron chi connectivity index (χ1n) is 13.7. The van der Waals surface area contributed by atoms with Crippen LogP contribution in [0.1, 0.15) is 30.5 Å². The molecular formula is C30H35ClN6O. The average Bonchev–Trinajstić information content (AvgIpc) is 3.35. The van der Waals surface area contributed by atoms with Crippen molar-refractivity contribution in [3.05, 3.63) is 58.7 Å². The number of anilines is 2. The molecule has 2 atom stereocenters. The highest BCUT2D eigenvalue weighted by Crippen LogP contribution is 2.38. The van der Waals surface area contributed by atoms with Gasteiger partial charge in [-0.2, -0.15) is 5.26 Å². The average molecular weight is 531 g/mol. The molecule has 1 aromatic heterocycles. The minimum Gasteiger partial charge on any atom is -0.476 e. The zero-order chi connectivity index (χ0) is 26.1. The van der Waals surface area contributed by atoms with Gasteiger partial charge >= 0.3 is 0 Å². The smallest absolute Gasteiger partial charge is 0.215 e. The summed E-state index contributed by atoms with van der Waals surface area (Å²) < 4.78 is 6.38. The third kappa shape index (κ3) is 5.01. The van der Waals surface area contributed by atoms with E-state index in [0.717, 1.165) is 72.7 Å². The molecule has 3 aromatic rings. The monoisotopic (exact) mass is 530 g/mol. The number of likely N-dealkylation sites (tertiary alicyclic amines) is 1. The van der Waals surface area contributed by atoms with Gasteiger partial charge in [-0.3, -0.25) is 0 Å². The van der Waals surface area contributed by atoms with Gasteiger partial charge in [0.1, 0.15) is 6.61 Å². The number of pyridine rings is 1. The van der Waals surface area contributed by atoms with Crippen LogP contribution in [0.5, 0.6) is 5.88 Å². The second-order valence-electron chi connectivity index (χ2n) is 10.7. The van der Waals surface area contributed by atoms with Crippen molar-refractivity contribution < 1.29 is 4.74 Å². The lowest BCUT2D eigenvalue weighted by atomic mass is 9.99. The van der Waals surface area contributed by atoms with Gasteiger partial charge in [-0.25, -0.2) is 4.98 Å². The Bertz CT molecular complexity index is 1350. The van der Waals surface area contributed by atoms with Crippen molar-refractivity contribution in [1.82, 2.24) is 15.2 Å². The Morgan fingerprint density at radius 1 is 1.13 bits per heavy atom. The number of piperazine rings is 1. The fraction of sp³-hybridized carbons (Fsp3) is 0.467. The van der Waals surface area contributed by atoms with Crippen LogP contribution < -0.4 is 19.9 Å². The summed E-state index contributed by atoms with van der Waals surface area (Å²) in [4.78, 5) is 12.3. The van der Waals surface area contributed by atoms with Crippen LogP contribution in [0.15, 0.2) is 42.5 Å². The SMILES string of the molecule is CN1CCC[C@H]1COc1cc(N2CCN[C@@H](CC#N)C2)c2c(n1)CN(c1cccc3cccc(Cl)c13)CC2. The number of aromatic nitrogens is 1. The van der Waals surface area contributed by atoms with E-state index in [9.17, 15) is 5.26 Å². The van der Waals surface area contributed by atoms with E-state index in [1.807, 2.05) is 12.1 Å². The topological polar surface area (TPSA) is 67.7 Å². The highest BCUT2D eigenvalue weighted by molar-refractivity contribution is 6.36. The molecule has 0 saturated carbocycles. The van der Waals surface area contributed by atoms with Crippen LogP contribution in [-0.2, 0) is 13.0 Å². The van der Waals surface area contributed by atoms with Crippen LogP contribution in [-0.4, -0.2) is 68.3 Å². The Hall–Kier alpha value is -3.05. The van der Waals surface area contributed by atoms with Gasteiger partial charge in [0.15, 0.2) is 0 Å². The summed E-state index contributed by atoms with van der Waals surface area (Å²) in [5.41, 5.74) is 4.74. The Kier molecular flexibility index (Phi) is 7.29. The highest BCUT2D eigenvalue weighted by atomic mass is 35.5. The van der Waals surface area contributed by atoms with Crippen molar-refractivity contribution in [1.29, 1.82) is 5.26 Å². The number of hydrogen-bond acceptors (Lipinski definition) is 7. The van der Waals surface area contributed by atoms with E-state index in [-0.39, 0.29) is 6.04 Å². The van der Waals surface area contributed by atoms with E-state index >= 15 is 0 Å². The predicted molar refractivity (Wildman–Crippen MR) is 153 cm³/mol. The number of rotatable bonds is 6. The summed E-state index contributed by atoms with van der Waals surface area (Å²) in [5, 5.41) is 15.8. The van der Waals surface area contributed by atoms with Gasteiger partial charge in [0, 0.05) is 66.7 Å². The minimum absolute atomic E-state index is 0.173. The van der Waals surface area contributed by atoms with E-state index in [1.54, 1.807) is 0 Å². The number of nitrogens with one attached hydrogen (secondary N) is 1. The minimum atomic E-state index is 0.173. The molecule has 4 heterocycles. The fourth-order valence-corrected chi connectivity index (χ4v) is 6.54. The van der Waals surface area contributed by atoms with Crippen molar-refractivity contribution in [2.75, 3.05) is 56.2 Å². The molecule has 1 N–H and O–H groups in total. The molecule has 7 nitrogen and oxygen atoms in total. The molecule has 0 radical (unpaired) electrons. The number of hydrogen-bond donors (Lipinski definition) is 1. The summed E-state index contributed by atoms with van der Waals surface area (Å²) >= 11 is 6.69. The van der Waals surface area contributed by atoms with E-state index in [1.165, 1.54) is 17.7 Å². The lowest BCUT2D eigenvalue weighted by Crippen LogP contribution is -2.51. The summed E-state index contributed by atoms with van der Waals surface area (Å²) in [6, 6.07) is 17.6. The molecule has 198 valence electrons. The molecule has 3 aliphatic heterocycles. The van der Waals surface area contributed by atoms with Crippen LogP contribution in [0.4, 0.5) is 11.4 Å². The number of benzene rings is 2. The van der Waals surface area contributed by atoms with Gasteiger partial charge in [0.2, 0.25) is 5.88 Å². The van der Waals surface area contributed by atoms with Crippen molar-refractivity contribution >= 4 is 33.7 Å². The number of fused-ring (bicyclic) bond motifs is 2. The zero-order valence-electron chi connectivity index (χ0n) is 22.0. The van der Waals surface area contributed by atoms with Crippen molar-refractivity contribution in [3.63, 3.8) is 0 Å². The summed E-state index contributed by atoms with van der Waals surface area (Å²) in [6.45, 7) is 5.98. The van der Waals surface area contributed by atoms with Gasteiger partial charge in [-0.05, 0) is 50.4 Å². The number of halogens is 1. The van der Waals surface area contributed by atoms with Crippen LogP contribution >= 0.6 is 11.6 Å². The summed E-state index contributed by atoms with van der Waals surface area (Å²) in [6.07, 6.45) is 3.79. The molecule has 0 unspecified atom stereocenters. The zero-order valence-corrected chi connectivity index (χ0v) is 22.8.